The Hall–Kier alpha value is -5.41. The third-order valence-electron chi connectivity index (χ3n) is 7.41. The van der Waals surface area contributed by atoms with Crippen molar-refractivity contribution in [2.45, 2.75) is 11.8 Å². The highest BCUT2D eigenvalue weighted by Crippen LogP contribution is 2.36. The Balaban J connectivity index is 1.15. The molecule has 0 saturated heterocycles. The summed E-state index contributed by atoms with van der Waals surface area (Å²) < 4.78 is 6.22. The molecule has 1 atom stereocenters. The highest BCUT2D eigenvalue weighted by molar-refractivity contribution is 7.98. The fourth-order valence-corrected chi connectivity index (χ4v) is 6.22. The van der Waals surface area contributed by atoms with Crippen molar-refractivity contribution in [2.24, 2.45) is 0 Å². The lowest BCUT2D eigenvalue weighted by Crippen LogP contribution is -2.42. The quantitative estimate of drug-likeness (QED) is 0.120. The first-order valence-electron chi connectivity index (χ1n) is 13.8. The van der Waals surface area contributed by atoms with Crippen LogP contribution >= 0.6 is 11.8 Å². The first-order valence-corrected chi connectivity index (χ1v) is 15.0. The number of carboxylic acids is 1. The van der Waals surface area contributed by atoms with Gasteiger partial charge < -0.3 is 14.8 Å². The van der Waals surface area contributed by atoms with E-state index in [0.29, 0.717) is 5.75 Å². The number of carbonyl (C=O) groups is 2. The molecule has 0 radical (unpaired) electrons. The molecule has 0 aliphatic heterocycles. The molecule has 1 amide bonds. The first-order chi connectivity index (χ1) is 21.4. The number of thioether (sulfide) groups is 1. The molecule has 0 fully saturated rings. The standard InChI is InChI=1S/C35H26N2O6S/c38-34(24-16-18-26(19-17-24)37(41)42)36-31(35(39)40)21-44-20-25-6-1-2-7-27(25)22-12-14-23(15-13-22)28-9-5-10-30-29-8-3-4-11-32(29)43-33(28)30/h1-19,31H,20-21H2,(H,36,38)(H,39,40)/t31-/m0/s1. The van der Waals surface area contributed by atoms with Gasteiger partial charge in [0.15, 0.2) is 0 Å². The van der Waals surface area contributed by atoms with Gasteiger partial charge in [-0.3, -0.25) is 14.9 Å². The number of nitrogens with zero attached hydrogens (tertiary/aromatic N) is 1. The summed E-state index contributed by atoms with van der Waals surface area (Å²) >= 11 is 1.40. The number of aliphatic carboxylic acids is 1. The molecule has 0 unspecified atom stereocenters. The number of rotatable bonds is 10. The fourth-order valence-electron chi connectivity index (χ4n) is 5.17. The molecule has 0 bridgehead atoms. The molecular formula is C35H26N2O6S. The number of hydrogen-bond acceptors (Lipinski definition) is 6. The van der Waals surface area contributed by atoms with Crippen molar-refractivity contribution < 1.29 is 24.0 Å². The predicted octanol–water partition coefficient (Wildman–Crippen LogP) is 7.94. The Morgan fingerprint density at radius 2 is 1.43 bits per heavy atom. The molecule has 44 heavy (non-hydrogen) atoms. The summed E-state index contributed by atoms with van der Waals surface area (Å²) in [6, 6.07) is 34.4. The van der Waals surface area contributed by atoms with Gasteiger partial charge in [-0.2, -0.15) is 11.8 Å². The van der Waals surface area contributed by atoms with E-state index < -0.39 is 22.8 Å². The van der Waals surface area contributed by atoms with E-state index in [9.17, 15) is 24.8 Å². The van der Waals surface area contributed by atoms with Crippen molar-refractivity contribution in [1.29, 1.82) is 0 Å². The number of fused-ring (bicyclic) bond motifs is 3. The van der Waals surface area contributed by atoms with Gasteiger partial charge in [0.2, 0.25) is 0 Å². The number of benzene rings is 5. The van der Waals surface area contributed by atoms with E-state index in [4.69, 9.17) is 4.42 Å². The number of non-ortho nitro benzene ring substituents is 1. The summed E-state index contributed by atoms with van der Waals surface area (Å²) in [5.41, 5.74) is 6.87. The summed E-state index contributed by atoms with van der Waals surface area (Å²) in [6.45, 7) is 0. The third-order valence-corrected chi connectivity index (χ3v) is 8.50. The van der Waals surface area contributed by atoms with E-state index in [-0.39, 0.29) is 17.0 Å². The van der Waals surface area contributed by atoms with Gasteiger partial charge in [-0.15, -0.1) is 0 Å². The van der Waals surface area contributed by atoms with Crippen LogP contribution in [0, 0.1) is 10.1 Å². The Morgan fingerprint density at radius 1 is 0.795 bits per heavy atom. The lowest BCUT2D eigenvalue weighted by molar-refractivity contribution is -0.384. The normalized spacial score (nSPS) is 11.8. The van der Waals surface area contributed by atoms with Crippen LogP contribution in [-0.4, -0.2) is 33.7 Å². The van der Waals surface area contributed by atoms with Crippen molar-refractivity contribution in [2.75, 3.05) is 5.75 Å². The average Bonchev–Trinajstić information content (AvgIpc) is 3.43. The van der Waals surface area contributed by atoms with Crippen LogP contribution in [0.3, 0.4) is 0 Å². The van der Waals surface area contributed by atoms with Crippen molar-refractivity contribution in [3.8, 4) is 22.3 Å². The van der Waals surface area contributed by atoms with Gasteiger partial charge >= 0.3 is 5.97 Å². The monoisotopic (exact) mass is 602 g/mol. The third kappa shape index (κ3) is 5.91. The van der Waals surface area contributed by atoms with Crippen molar-refractivity contribution in [1.82, 2.24) is 5.32 Å². The van der Waals surface area contributed by atoms with E-state index >= 15 is 0 Å². The average molecular weight is 603 g/mol. The van der Waals surface area contributed by atoms with E-state index in [1.165, 1.54) is 36.0 Å². The summed E-state index contributed by atoms with van der Waals surface area (Å²) in [5.74, 6) is -1.08. The Bertz CT molecular complexity index is 2000. The fraction of sp³-hybridized carbons (Fsp3) is 0.0857. The molecule has 1 aromatic heterocycles. The maximum atomic E-state index is 12.6. The van der Waals surface area contributed by atoms with Crippen molar-refractivity contribution in [3.63, 3.8) is 0 Å². The molecule has 8 nitrogen and oxygen atoms in total. The zero-order valence-electron chi connectivity index (χ0n) is 23.3. The van der Waals surface area contributed by atoms with E-state index in [0.717, 1.165) is 49.8 Å². The van der Waals surface area contributed by atoms with Crippen LogP contribution in [0.15, 0.2) is 120 Å². The van der Waals surface area contributed by atoms with Crippen LogP contribution in [0.1, 0.15) is 15.9 Å². The molecule has 218 valence electrons. The second-order valence-corrected chi connectivity index (χ2v) is 11.2. The zero-order chi connectivity index (χ0) is 30.6. The largest absolute Gasteiger partial charge is 0.480 e. The minimum absolute atomic E-state index is 0.142. The summed E-state index contributed by atoms with van der Waals surface area (Å²) in [6.07, 6.45) is 0. The Labute approximate surface area is 256 Å². The minimum Gasteiger partial charge on any atom is -0.480 e. The van der Waals surface area contributed by atoms with Crippen LogP contribution in [0.4, 0.5) is 5.69 Å². The van der Waals surface area contributed by atoms with Gasteiger partial charge in [-0.05, 0) is 40.5 Å². The summed E-state index contributed by atoms with van der Waals surface area (Å²) in [7, 11) is 0. The number of hydrogen-bond donors (Lipinski definition) is 2. The molecule has 0 aliphatic rings. The maximum absolute atomic E-state index is 12.6. The Morgan fingerprint density at radius 3 is 2.16 bits per heavy atom. The van der Waals surface area contributed by atoms with Crippen LogP contribution in [0.25, 0.3) is 44.2 Å². The first kappa shape index (κ1) is 28.7. The maximum Gasteiger partial charge on any atom is 0.327 e. The molecule has 9 heteroatoms. The Kier molecular flexibility index (Phi) is 8.12. The lowest BCUT2D eigenvalue weighted by Gasteiger charge is -2.15. The number of nitrogens with one attached hydrogen (secondary N) is 1. The van der Waals surface area contributed by atoms with E-state index in [2.05, 4.69) is 47.8 Å². The SMILES string of the molecule is O=C(N[C@@H](CSCc1ccccc1-c1ccc(-c2cccc3c2oc2ccccc23)cc1)C(=O)O)c1ccc([N+](=O)[O-])cc1. The smallest absolute Gasteiger partial charge is 0.327 e. The van der Waals surface area contributed by atoms with Gasteiger partial charge in [0.1, 0.15) is 17.2 Å². The highest BCUT2D eigenvalue weighted by atomic mass is 32.2. The number of carboxylic acid groups (broad SMARTS) is 1. The molecular weight excluding hydrogens is 576 g/mol. The number of nitro benzene ring substituents is 1. The molecule has 2 N–H and O–H groups in total. The van der Waals surface area contributed by atoms with Crippen LogP contribution in [0.5, 0.6) is 0 Å². The van der Waals surface area contributed by atoms with Gasteiger partial charge in [0, 0.05) is 45.5 Å². The number of furan rings is 1. The number of nitro groups is 1. The summed E-state index contributed by atoms with van der Waals surface area (Å²) in [4.78, 5) is 34.8. The topological polar surface area (TPSA) is 123 Å². The van der Waals surface area contributed by atoms with E-state index in [1.807, 2.05) is 48.5 Å². The number of para-hydroxylation sites is 2. The molecule has 0 spiro atoms. The zero-order valence-corrected chi connectivity index (χ0v) is 24.1. The van der Waals surface area contributed by atoms with Crippen LogP contribution in [-0.2, 0) is 10.5 Å². The van der Waals surface area contributed by atoms with E-state index in [1.54, 1.807) is 0 Å². The second kappa shape index (κ2) is 12.4. The van der Waals surface area contributed by atoms with Gasteiger partial charge in [0.05, 0.1) is 4.92 Å². The van der Waals surface area contributed by atoms with Gasteiger partial charge in [-0.1, -0.05) is 84.9 Å². The van der Waals surface area contributed by atoms with Crippen LogP contribution < -0.4 is 5.32 Å². The number of amides is 1. The van der Waals surface area contributed by atoms with Crippen LogP contribution in [0.2, 0.25) is 0 Å². The van der Waals surface area contributed by atoms with Gasteiger partial charge in [0.25, 0.3) is 11.6 Å². The minimum atomic E-state index is -1.16. The number of carbonyl (C=O) groups excluding carboxylic acids is 1. The lowest BCUT2D eigenvalue weighted by atomic mass is 9.97. The molecule has 0 saturated carbocycles. The van der Waals surface area contributed by atoms with Crippen molar-refractivity contribution >= 4 is 51.3 Å². The van der Waals surface area contributed by atoms with Crippen molar-refractivity contribution in [3.05, 3.63) is 137 Å². The molecule has 5 aromatic carbocycles. The predicted molar refractivity (Wildman–Crippen MR) is 173 cm³/mol. The summed E-state index contributed by atoms with van der Waals surface area (Å²) in [5, 5.41) is 25.3. The molecule has 6 rings (SSSR count). The second-order valence-electron chi connectivity index (χ2n) is 10.2. The van der Waals surface area contributed by atoms with Gasteiger partial charge in [-0.25, -0.2) is 4.79 Å². The molecule has 0 aliphatic carbocycles. The highest BCUT2D eigenvalue weighted by Gasteiger charge is 2.21. The molecule has 6 aromatic rings. The molecule has 1 heterocycles.